The number of Topliss-reactive ketones (excluding diaryl/α,β-unsaturated/α-hetero) is 1. The minimum absolute atomic E-state index is 0.0387. The van der Waals surface area contributed by atoms with Crippen LogP contribution in [0.15, 0.2) is 10.6 Å². The third-order valence-electron chi connectivity index (χ3n) is 2.65. The van der Waals surface area contributed by atoms with Crippen LogP contribution in [-0.4, -0.2) is 25.5 Å². The first kappa shape index (κ1) is 12.5. The predicted molar refractivity (Wildman–Crippen MR) is 64.4 cm³/mol. The summed E-state index contributed by atoms with van der Waals surface area (Å²) < 4.78 is 7.33. The van der Waals surface area contributed by atoms with Crippen LogP contribution in [-0.2, 0) is 19.4 Å². The van der Waals surface area contributed by atoms with E-state index in [9.17, 15) is 4.79 Å². The fourth-order valence-electron chi connectivity index (χ4n) is 1.68. The zero-order valence-corrected chi connectivity index (χ0v) is 10.8. The highest BCUT2D eigenvalue weighted by Gasteiger charge is 2.12. The van der Waals surface area contributed by atoms with Crippen LogP contribution >= 0.6 is 0 Å². The third kappa shape index (κ3) is 2.47. The van der Waals surface area contributed by atoms with Crippen molar-refractivity contribution >= 4 is 5.78 Å². The van der Waals surface area contributed by atoms with E-state index in [1.807, 2.05) is 18.4 Å². The van der Waals surface area contributed by atoms with Gasteiger partial charge in [0, 0.05) is 26.0 Å². The second-order valence-electron chi connectivity index (χ2n) is 4.02. The molecule has 0 radical (unpaired) electrons. The second-order valence-corrected chi connectivity index (χ2v) is 4.02. The van der Waals surface area contributed by atoms with Crippen LogP contribution in [0.4, 0.5) is 0 Å². The van der Waals surface area contributed by atoms with Crippen LogP contribution in [0.5, 0.6) is 0 Å². The first-order valence-electron chi connectivity index (χ1n) is 6.02. The molecule has 2 rings (SSSR count). The first-order valence-corrected chi connectivity index (χ1v) is 6.02. The fraction of sp³-hybridized carbons (Fsp3) is 0.500. The maximum absolute atomic E-state index is 11.3. The average molecular weight is 248 g/mol. The van der Waals surface area contributed by atoms with E-state index in [0.29, 0.717) is 24.0 Å². The van der Waals surface area contributed by atoms with Crippen molar-refractivity contribution in [1.29, 1.82) is 0 Å². The lowest BCUT2D eigenvalue weighted by Gasteiger charge is -2.01. The summed E-state index contributed by atoms with van der Waals surface area (Å²) in [6.07, 6.45) is 3.20. The van der Waals surface area contributed by atoms with Crippen molar-refractivity contribution in [2.75, 3.05) is 0 Å². The minimum atomic E-state index is -0.0387. The van der Waals surface area contributed by atoms with Crippen molar-refractivity contribution in [2.45, 2.75) is 40.2 Å². The maximum atomic E-state index is 11.3. The topological polar surface area (TPSA) is 73.8 Å². The molecule has 0 saturated carbocycles. The Kier molecular flexibility index (Phi) is 3.55. The van der Waals surface area contributed by atoms with Gasteiger partial charge in [0.25, 0.3) is 0 Å². The minimum Gasteiger partial charge on any atom is -0.423 e. The Morgan fingerprint density at radius 1 is 1.28 bits per heavy atom. The zero-order chi connectivity index (χ0) is 13.1. The number of imidazole rings is 1. The van der Waals surface area contributed by atoms with Gasteiger partial charge in [-0.3, -0.25) is 4.79 Å². The molecule has 0 amide bonds. The zero-order valence-electron chi connectivity index (χ0n) is 10.8. The molecule has 0 N–H and O–H groups in total. The number of ketones is 1. The Morgan fingerprint density at radius 2 is 2.00 bits per heavy atom. The molecule has 2 aromatic heterocycles. The van der Waals surface area contributed by atoms with E-state index in [0.717, 1.165) is 18.7 Å². The molecular weight excluding hydrogens is 232 g/mol. The van der Waals surface area contributed by atoms with Crippen LogP contribution in [0, 0.1) is 0 Å². The summed E-state index contributed by atoms with van der Waals surface area (Å²) in [5.41, 5.74) is 0.474. The van der Waals surface area contributed by atoms with Crippen molar-refractivity contribution in [3.63, 3.8) is 0 Å². The molecule has 6 nitrogen and oxygen atoms in total. The van der Waals surface area contributed by atoms with E-state index in [4.69, 9.17) is 4.42 Å². The summed E-state index contributed by atoms with van der Waals surface area (Å²) in [7, 11) is 0. The van der Waals surface area contributed by atoms with E-state index in [1.165, 1.54) is 6.92 Å². The number of aromatic nitrogens is 4. The van der Waals surface area contributed by atoms with Gasteiger partial charge in [0.2, 0.25) is 11.8 Å². The van der Waals surface area contributed by atoms with Gasteiger partial charge in [0.05, 0.1) is 0 Å². The monoisotopic (exact) mass is 248 g/mol. The van der Waals surface area contributed by atoms with E-state index in [1.54, 1.807) is 6.20 Å². The molecule has 0 aliphatic carbocycles. The molecule has 0 atom stereocenters. The molecular formula is C12H16N4O2. The molecule has 0 aromatic carbocycles. The number of aryl methyl sites for hydroxylation is 2. The Balaban J connectivity index is 2.24. The van der Waals surface area contributed by atoms with E-state index in [2.05, 4.69) is 15.2 Å². The molecule has 2 aromatic rings. The van der Waals surface area contributed by atoms with Gasteiger partial charge >= 0.3 is 0 Å². The molecule has 0 aliphatic heterocycles. The van der Waals surface area contributed by atoms with Crippen molar-refractivity contribution in [1.82, 2.24) is 19.7 Å². The Bertz CT molecular complexity index is 556. The van der Waals surface area contributed by atoms with Crippen LogP contribution < -0.4 is 0 Å². The fourth-order valence-corrected chi connectivity index (χ4v) is 1.68. The molecule has 6 heteroatoms. The normalized spacial score (nSPS) is 10.8. The number of hydrogen-bond acceptors (Lipinski definition) is 5. The number of hydrogen-bond donors (Lipinski definition) is 0. The molecule has 0 unspecified atom stereocenters. The number of rotatable bonds is 5. The number of carbonyl (C=O) groups excluding carboxylic acids is 1. The quantitative estimate of drug-likeness (QED) is 0.752. The lowest BCUT2D eigenvalue weighted by molar-refractivity contribution is 0.101. The highest BCUT2D eigenvalue weighted by Crippen LogP contribution is 2.09. The largest absolute Gasteiger partial charge is 0.423 e. The van der Waals surface area contributed by atoms with Gasteiger partial charge in [-0.2, -0.15) is 0 Å². The molecule has 2 heterocycles. The Morgan fingerprint density at radius 3 is 2.56 bits per heavy atom. The Hall–Kier alpha value is -1.98. The Labute approximate surface area is 105 Å². The predicted octanol–water partition coefficient (Wildman–Crippen LogP) is 1.64. The molecule has 0 saturated heterocycles. The summed E-state index contributed by atoms with van der Waals surface area (Å²) in [6.45, 7) is 5.92. The molecule has 0 aliphatic rings. The van der Waals surface area contributed by atoms with E-state index >= 15 is 0 Å². The lowest BCUT2D eigenvalue weighted by Crippen LogP contribution is -2.03. The SMILES string of the molecule is CCc1nnc(Cn2cc(C(C)=O)nc2CC)o1. The number of nitrogens with zero attached hydrogens (tertiary/aromatic N) is 4. The van der Waals surface area contributed by atoms with Crippen molar-refractivity contribution in [2.24, 2.45) is 0 Å². The van der Waals surface area contributed by atoms with Gasteiger partial charge in [0.1, 0.15) is 18.1 Å². The van der Waals surface area contributed by atoms with Crippen molar-refractivity contribution < 1.29 is 9.21 Å². The van der Waals surface area contributed by atoms with Crippen molar-refractivity contribution in [3.05, 3.63) is 29.5 Å². The summed E-state index contributed by atoms with van der Waals surface area (Å²) >= 11 is 0. The van der Waals surface area contributed by atoms with Crippen LogP contribution in [0.25, 0.3) is 0 Å². The molecule has 0 bridgehead atoms. The summed E-state index contributed by atoms with van der Waals surface area (Å²) in [5.74, 6) is 1.96. The van der Waals surface area contributed by atoms with Crippen LogP contribution in [0.1, 0.15) is 48.9 Å². The third-order valence-corrected chi connectivity index (χ3v) is 2.65. The number of carbonyl (C=O) groups is 1. The van der Waals surface area contributed by atoms with E-state index < -0.39 is 0 Å². The molecule has 18 heavy (non-hydrogen) atoms. The van der Waals surface area contributed by atoms with Crippen LogP contribution in [0.3, 0.4) is 0 Å². The summed E-state index contributed by atoms with van der Waals surface area (Å²) in [6, 6.07) is 0. The maximum Gasteiger partial charge on any atom is 0.236 e. The smallest absolute Gasteiger partial charge is 0.236 e. The summed E-state index contributed by atoms with van der Waals surface area (Å²) in [4.78, 5) is 15.6. The van der Waals surface area contributed by atoms with Crippen LogP contribution in [0.2, 0.25) is 0 Å². The standard InChI is InChI=1S/C12H16N4O2/c1-4-10-13-9(8(3)17)6-16(10)7-12-15-14-11(5-2)18-12/h6H,4-5,7H2,1-3H3. The highest BCUT2D eigenvalue weighted by molar-refractivity contribution is 5.91. The second kappa shape index (κ2) is 5.12. The van der Waals surface area contributed by atoms with Gasteiger partial charge in [0.15, 0.2) is 5.78 Å². The van der Waals surface area contributed by atoms with Crippen molar-refractivity contribution in [3.8, 4) is 0 Å². The van der Waals surface area contributed by atoms with Gasteiger partial charge < -0.3 is 8.98 Å². The highest BCUT2D eigenvalue weighted by atomic mass is 16.4. The molecule has 96 valence electrons. The first-order chi connectivity index (χ1) is 8.63. The van der Waals surface area contributed by atoms with Gasteiger partial charge in [-0.15, -0.1) is 10.2 Å². The van der Waals surface area contributed by atoms with Gasteiger partial charge in [-0.1, -0.05) is 13.8 Å². The molecule has 0 fully saturated rings. The summed E-state index contributed by atoms with van der Waals surface area (Å²) in [5, 5.41) is 7.87. The van der Waals surface area contributed by atoms with Gasteiger partial charge in [-0.25, -0.2) is 4.98 Å². The van der Waals surface area contributed by atoms with E-state index in [-0.39, 0.29) is 5.78 Å². The lowest BCUT2D eigenvalue weighted by atomic mass is 10.3. The molecule has 0 spiro atoms. The van der Waals surface area contributed by atoms with Gasteiger partial charge in [-0.05, 0) is 0 Å². The average Bonchev–Trinajstić information content (AvgIpc) is 2.96.